The Labute approximate surface area is 252 Å². The summed E-state index contributed by atoms with van der Waals surface area (Å²) < 4.78 is 13.0. The number of carbonyl (C=O) groups is 2. The summed E-state index contributed by atoms with van der Waals surface area (Å²) in [5.74, 6) is -0.105. The van der Waals surface area contributed by atoms with Crippen molar-refractivity contribution in [3.05, 3.63) is 109 Å². The lowest BCUT2D eigenvalue weighted by atomic mass is 9.81. The minimum atomic E-state index is -0.429. The predicted octanol–water partition coefficient (Wildman–Crippen LogP) is 6.42. The molecule has 2 N–H and O–H groups in total. The highest BCUT2D eigenvalue weighted by Crippen LogP contribution is 2.36. The molecule has 5 rings (SSSR count). The highest BCUT2D eigenvalue weighted by molar-refractivity contribution is 9.10. The summed E-state index contributed by atoms with van der Waals surface area (Å²) >= 11 is 6.17. The number of carbonyl (C=O) groups excluding carboxylic acids is 2. The molecule has 2 aromatic carbocycles. The zero-order valence-corrected chi connectivity index (χ0v) is 26.1. The van der Waals surface area contributed by atoms with Crippen molar-refractivity contribution in [3.8, 4) is 0 Å². The molecule has 2 aromatic heterocycles. The van der Waals surface area contributed by atoms with Crippen molar-refractivity contribution in [1.82, 2.24) is 10.6 Å². The number of amides is 2. The number of hydrogen-bond acceptors (Lipinski definition) is 6. The number of halogens is 1. The molecule has 40 heavy (non-hydrogen) atoms. The lowest BCUT2D eigenvalue weighted by Crippen LogP contribution is -2.41. The number of benzene rings is 2. The van der Waals surface area contributed by atoms with Crippen LogP contribution in [-0.4, -0.2) is 30.1 Å². The van der Waals surface area contributed by atoms with Crippen LogP contribution in [-0.2, 0) is 22.4 Å². The average molecular weight is 639 g/mol. The van der Waals surface area contributed by atoms with Crippen molar-refractivity contribution in [3.63, 3.8) is 0 Å². The maximum Gasteiger partial charge on any atom is 0.495 e. The Hall–Kier alpha value is -2.76. The monoisotopic (exact) mass is 638 g/mol. The van der Waals surface area contributed by atoms with Gasteiger partial charge in [0, 0.05) is 22.9 Å². The Morgan fingerprint density at radius 1 is 0.750 bits per heavy atom. The molecule has 0 atom stereocenters. The first kappa shape index (κ1) is 30.2. The standard InChI is InChI=1S/C18H22BNO3S.C12H10BrNOS/c1-17(2)18(3,4)23-19(22-17)14-10-15(24-12-14)16(21)20-11-13-8-6-5-7-9-13;13-10-6-11(16-8-10)12(15)14-7-9-4-2-1-3-5-9/h5-10,12H,11H2,1-4H3,(H,20,21);1-6,8H,7H2,(H,14,15). The number of thiophene rings is 2. The van der Waals surface area contributed by atoms with Gasteiger partial charge in [0.15, 0.2) is 0 Å². The van der Waals surface area contributed by atoms with Crippen LogP contribution < -0.4 is 16.1 Å². The maximum absolute atomic E-state index is 12.3. The maximum atomic E-state index is 12.3. The van der Waals surface area contributed by atoms with E-state index >= 15 is 0 Å². The molecular weight excluding hydrogens is 607 g/mol. The first-order valence-electron chi connectivity index (χ1n) is 12.9. The third-order valence-electron chi connectivity index (χ3n) is 6.75. The Bertz CT molecular complexity index is 1410. The molecule has 208 valence electrons. The minimum Gasteiger partial charge on any atom is -0.399 e. The molecule has 3 heterocycles. The van der Waals surface area contributed by atoms with E-state index in [0.29, 0.717) is 18.0 Å². The number of hydrogen-bond donors (Lipinski definition) is 2. The minimum absolute atomic E-state index is 0.0282. The van der Waals surface area contributed by atoms with Crippen molar-refractivity contribution >= 4 is 63.0 Å². The van der Waals surface area contributed by atoms with E-state index in [-0.39, 0.29) is 23.0 Å². The molecule has 0 saturated carbocycles. The Balaban J connectivity index is 0.000000201. The van der Waals surface area contributed by atoms with Gasteiger partial charge in [0.2, 0.25) is 0 Å². The third kappa shape index (κ3) is 7.92. The zero-order chi connectivity index (χ0) is 28.8. The molecular formula is C30H32BBrN2O4S2. The van der Waals surface area contributed by atoms with Crippen LogP contribution in [0.5, 0.6) is 0 Å². The molecule has 2 amide bonds. The van der Waals surface area contributed by atoms with Crippen molar-refractivity contribution in [2.75, 3.05) is 0 Å². The van der Waals surface area contributed by atoms with Gasteiger partial charge in [0.25, 0.3) is 11.8 Å². The first-order chi connectivity index (χ1) is 19.0. The zero-order valence-electron chi connectivity index (χ0n) is 22.9. The molecule has 1 fully saturated rings. The van der Waals surface area contributed by atoms with Crippen LogP contribution in [0.1, 0.15) is 58.2 Å². The fourth-order valence-corrected chi connectivity index (χ4v) is 5.90. The van der Waals surface area contributed by atoms with Crippen molar-refractivity contribution in [2.45, 2.75) is 52.0 Å². The highest BCUT2D eigenvalue weighted by atomic mass is 79.9. The lowest BCUT2D eigenvalue weighted by Gasteiger charge is -2.32. The SMILES string of the molecule is CC1(C)OB(c2csc(C(=O)NCc3ccccc3)c2)OC1(C)C.O=C(NCc1ccccc1)c1cc(Br)cs1. The van der Waals surface area contributed by atoms with Crippen molar-refractivity contribution in [2.24, 2.45) is 0 Å². The van der Waals surface area contributed by atoms with Crippen LogP contribution in [0.25, 0.3) is 0 Å². The van der Waals surface area contributed by atoms with Crippen LogP contribution in [0.4, 0.5) is 0 Å². The van der Waals surface area contributed by atoms with Crippen LogP contribution in [0.15, 0.2) is 88.0 Å². The van der Waals surface area contributed by atoms with Gasteiger partial charge in [0.05, 0.1) is 21.0 Å². The molecule has 0 radical (unpaired) electrons. The molecule has 0 aliphatic carbocycles. The van der Waals surface area contributed by atoms with Gasteiger partial charge < -0.3 is 19.9 Å². The van der Waals surface area contributed by atoms with E-state index in [0.717, 1.165) is 25.9 Å². The second-order valence-corrected chi connectivity index (χ2v) is 13.0. The van der Waals surface area contributed by atoms with Gasteiger partial charge in [-0.25, -0.2) is 0 Å². The van der Waals surface area contributed by atoms with Crippen molar-refractivity contribution < 1.29 is 18.9 Å². The molecule has 0 bridgehead atoms. The molecule has 0 unspecified atom stereocenters. The summed E-state index contributed by atoms with van der Waals surface area (Å²) in [4.78, 5) is 25.4. The Morgan fingerprint density at radius 2 is 1.20 bits per heavy atom. The largest absolute Gasteiger partial charge is 0.495 e. The summed E-state index contributed by atoms with van der Waals surface area (Å²) in [6, 6.07) is 23.4. The smallest absolute Gasteiger partial charge is 0.399 e. The van der Waals surface area contributed by atoms with Gasteiger partial charge in [-0.2, -0.15) is 0 Å². The average Bonchev–Trinajstić information content (AvgIpc) is 3.65. The predicted molar refractivity (Wildman–Crippen MR) is 167 cm³/mol. The fraction of sp³-hybridized carbons (Fsp3) is 0.267. The van der Waals surface area contributed by atoms with E-state index in [1.165, 1.54) is 22.7 Å². The molecule has 1 aliphatic heterocycles. The van der Waals surface area contributed by atoms with Gasteiger partial charge in [0.1, 0.15) is 0 Å². The van der Waals surface area contributed by atoms with E-state index in [2.05, 4.69) is 26.6 Å². The van der Waals surface area contributed by atoms with Crippen LogP contribution >= 0.6 is 38.6 Å². The van der Waals surface area contributed by atoms with Gasteiger partial charge in [-0.05, 0) is 77.7 Å². The normalized spacial score (nSPS) is 15.2. The molecule has 4 aromatic rings. The summed E-state index contributed by atoms with van der Waals surface area (Å²) in [6.45, 7) is 9.16. The second-order valence-electron chi connectivity index (χ2n) is 10.3. The molecule has 10 heteroatoms. The summed E-state index contributed by atoms with van der Waals surface area (Å²) in [6.07, 6.45) is 0. The van der Waals surface area contributed by atoms with Crippen LogP contribution in [0.3, 0.4) is 0 Å². The summed E-state index contributed by atoms with van der Waals surface area (Å²) in [7, 11) is -0.429. The highest BCUT2D eigenvalue weighted by Gasteiger charge is 2.52. The summed E-state index contributed by atoms with van der Waals surface area (Å²) in [5.41, 5.74) is 2.31. The number of nitrogens with one attached hydrogen (secondary N) is 2. The Morgan fingerprint density at radius 3 is 1.65 bits per heavy atom. The van der Waals surface area contributed by atoms with Gasteiger partial charge in [-0.1, -0.05) is 60.7 Å². The third-order valence-corrected chi connectivity index (χ3v) is 9.39. The summed E-state index contributed by atoms with van der Waals surface area (Å²) in [5, 5.41) is 9.65. The van der Waals surface area contributed by atoms with E-state index in [1.54, 1.807) is 0 Å². The van der Waals surface area contributed by atoms with E-state index in [4.69, 9.17) is 9.31 Å². The fourth-order valence-electron chi connectivity index (χ4n) is 3.74. The molecule has 1 aliphatic rings. The van der Waals surface area contributed by atoms with E-state index < -0.39 is 7.12 Å². The second kappa shape index (κ2) is 13.3. The number of rotatable bonds is 7. The molecule has 0 spiro atoms. The molecule has 1 saturated heterocycles. The van der Waals surface area contributed by atoms with E-state index in [9.17, 15) is 9.59 Å². The van der Waals surface area contributed by atoms with Crippen molar-refractivity contribution in [1.29, 1.82) is 0 Å². The molecule has 6 nitrogen and oxygen atoms in total. The lowest BCUT2D eigenvalue weighted by molar-refractivity contribution is 0.00578. The van der Waals surface area contributed by atoms with Gasteiger partial charge in [-0.15, -0.1) is 22.7 Å². The van der Waals surface area contributed by atoms with Gasteiger partial charge in [-0.3, -0.25) is 9.59 Å². The van der Waals surface area contributed by atoms with E-state index in [1.807, 2.05) is 111 Å². The Kier molecular flexibility index (Phi) is 10.0. The van der Waals surface area contributed by atoms with Gasteiger partial charge >= 0.3 is 7.12 Å². The van der Waals surface area contributed by atoms with Crippen LogP contribution in [0, 0.1) is 0 Å². The first-order valence-corrected chi connectivity index (χ1v) is 15.4. The van der Waals surface area contributed by atoms with Crippen LogP contribution in [0.2, 0.25) is 0 Å². The topological polar surface area (TPSA) is 76.7 Å². The quantitative estimate of drug-likeness (QED) is 0.229.